The van der Waals surface area contributed by atoms with Gasteiger partial charge in [-0.3, -0.25) is 4.18 Å². The fourth-order valence-electron chi connectivity index (χ4n) is 5.26. The molecule has 3 rings (SSSR count). The van der Waals surface area contributed by atoms with Crippen molar-refractivity contribution in [1.82, 2.24) is 15.1 Å². The zero-order chi connectivity index (χ0) is 32.3. The van der Waals surface area contributed by atoms with E-state index in [0.29, 0.717) is 38.0 Å². The van der Waals surface area contributed by atoms with Crippen molar-refractivity contribution in [3.05, 3.63) is 0 Å². The number of nitrogens with one attached hydrogen (secondary N) is 1. The average Bonchev–Trinajstić information content (AvgIpc) is 2.94. The van der Waals surface area contributed by atoms with Crippen LogP contribution in [0.2, 0.25) is 0 Å². The molecule has 0 spiro atoms. The van der Waals surface area contributed by atoms with Gasteiger partial charge in [0.1, 0.15) is 0 Å². The van der Waals surface area contributed by atoms with Crippen molar-refractivity contribution in [3.63, 3.8) is 0 Å². The number of carbonyl (C=O) groups excluding carboxylic acids is 2. The maximum atomic E-state index is 11.7. The Morgan fingerprint density at radius 3 is 1.44 bits per heavy atom. The van der Waals surface area contributed by atoms with E-state index in [1.807, 2.05) is 27.7 Å². The lowest BCUT2D eigenvalue weighted by Gasteiger charge is -2.31. The van der Waals surface area contributed by atoms with Crippen LogP contribution in [0.3, 0.4) is 0 Å². The monoisotopic (exact) mass is 637 g/mol. The Morgan fingerprint density at radius 2 is 1.09 bits per heavy atom. The lowest BCUT2D eigenvalue weighted by Crippen LogP contribution is -2.39. The Bertz CT molecular complexity index is 848. The van der Waals surface area contributed by atoms with Crippen molar-refractivity contribution in [2.75, 3.05) is 65.3 Å². The van der Waals surface area contributed by atoms with Crippen molar-refractivity contribution in [3.8, 4) is 0 Å². The van der Waals surface area contributed by atoms with Crippen molar-refractivity contribution in [2.24, 2.45) is 17.8 Å². The van der Waals surface area contributed by atoms with Gasteiger partial charge in [0.25, 0.3) is 10.1 Å². The second-order valence-corrected chi connectivity index (χ2v) is 13.9. The molecule has 3 heterocycles. The molecule has 3 saturated heterocycles. The molecule has 0 aromatic heterocycles. The van der Waals surface area contributed by atoms with Gasteiger partial charge in [0.05, 0.1) is 25.1 Å². The molecule has 0 aliphatic carbocycles. The zero-order valence-electron chi connectivity index (χ0n) is 27.2. The number of likely N-dealkylation sites (tertiary alicyclic amines) is 2. The first-order valence-electron chi connectivity index (χ1n) is 16.0. The molecule has 0 bridgehead atoms. The number of rotatable bonds is 10. The lowest BCUT2D eigenvalue weighted by atomic mass is 9.94. The van der Waals surface area contributed by atoms with Crippen molar-refractivity contribution >= 4 is 22.3 Å². The van der Waals surface area contributed by atoms with Gasteiger partial charge in [-0.15, -0.1) is 0 Å². The highest BCUT2D eigenvalue weighted by Crippen LogP contribution is 2.22. The summed E-state index contributed by atoms with van der Waals surface area (Å²) in [6.07, 6.45) is 9.18. The summed E-state index contributed by atoms with van der Waals surface area (Å²) in [4.78, 5) is 26.6. The minimum atomic E-state index is -3.35. The maximum Gasteiger partial charge on any atom is 0.410 e. The van der Waals surface area contributed by atoms with E-state index in [9.17, 15) is 18.0 Å². The highest BCUT2D eigenvalue weighted by molar-refractivity contribution is 7.85. The molecular weight excluding hydrogens is 578 g/mol. The Morgan fingerprint density at radius 1 is 0.721 bits per heavy atom. The van der Waals surface area contributed by atoms with Crippen LogP contribution in [0, 0.1) is 17.8 Å². The smallest absolute Gasteiger partial charge is 0.410 e. The first-order chi connectivity index (χ1) is 20.3. The Hall–Kier alpha value is -1.67. The van der Waals surface area contributed by atoms with Gasteiger partial charge in [-0.25, -0.2) is 9.59 Å². The van der Waals surface area contributed by atoms with Crippen LogP contribution in [0.25, 0.3) is 0 Å². The predicted molar refractivity (Wildman–Crippen MR) is 166 cm³/mol. The van der Waals surface area contributed by atoms with Gasteiger partial charge in [-0.1, -0.05) is 0 Å². The third-order valence-corrected chi connectivity index (χ3v) is 8.37. The summed E-state index contributed by atoms with van der Waals surface area (Å²) in [6.45, 7) is 13.3. The number of ether oxygens (including phenoxy) is 2. The van der Waals surface area contributed by atoms with Crippen LogP contribution in [-0.4, -0.2) is 118 Å². The van der Waals surface area contributed by atoms with Gasteiger partial charge in [0.15, 0.2) is 0 Å². The molecule has 43 heavy (non-hydrogen) atoms. The summed E-state index contributed by atoms with van der Waals surface area (Å²) in [5, 5.41) is 20.7. The molecule has 3 N–H and O–H groups in total. The number of nitrogens with zero attached hydrogens (tertiary/aromatic N) is 2. The number of amides is 2. The zero-order valence-corrected chi connectivity index (χ0v) is 28.0. The van der Waals surface area contributed by atoms with E-state index in [1.54, 1.807) is 9.80 Å². The number of carbonyl (C=O) groups is 2. The SMILES string of the molecule is CC(C)OC(=O)N1CCC(CCO)CC1.CC(C)OC(=O)N1CCC(CCOS(C)(=O)=O)CC1.OCCC1CCNCC1. The van der Waals surface area contributed by atoms with E-state index in [2.05, 4.69) is 5.32 Å². The van der Waals surface area contributed by atoms with Crippen LogP contribution in [0.4, 0.5) is 9.59 Å². The van der Waals surface area contributed by atoms with E-state index < -0.39 is 10.1 Å². The summed E-state index contributed by atoms with van der Waals surface area (Å²) < 4.78 is 36.6. The van der Waals surface area contributed by atoms with Crippen molar-refractivity contribution in [2.45, 2.75) is 97.7 Å². The van der Waals surface area contributed by atoms with Crippen molar-refractivity contribution in [1.29, 1.82) is 0 Å². The Labute approximate surface area is 259 Å². The molecule has 0 saturated carbocycles. The fourth-order valence-corrected chi connectivity index (χ4v) is 5.66. The average molecular weight is 638 g/mol. The standard InChI is InChI=1S/C12H23NO5S.C11H21NO3.C7H15NO/c1-10(2)18-12(14)13-7-4-11(5-8-13)6-9-17-19(3,15)16;1-9(2)15-11(14)12-6-3-10(4-7-12)5-8-13;9-6-3-7-1-4-8-5-2-7/h10-11H,4-9H2,1-3H3;9-10,13H,3-8H2,1-2H3;7-9H,1-6H2. The highest BCUT2D eigenvalue weighted by atomic mass is 32.2. The molecule has 0 atom stereocenters. The third kappa shape index (κ3) is 19.4. The second-order valence-electron chi connectivity index (χ2n) is 12.3. The number of hydrogen-bond acceptors (Lipinski definition) is 10. The summed E-state index contributed by atoms with van der Waals surface area (Å²) in [5.41, 5.74) is 0. The van der Waals surface area contributed by atoms with Crippen molar-refractivity contribution < 1.29 is 41.9 Å². The summed E-state index contributed by atoms with van der Waals surface area (Å²) in [7, 11) is -3.35. The summed E-state index contributed by atoms with van der Waals surface area (Å²) >= 11 is 0. The van der Waals surface area contributed by atoms with Gasteiger partial charge in [0, 0.05) is 39.4 Å². The fraction of sp³-hybridized carbons (Fsp3) is 0.933. The number of aliphatic hydroxyl groups excluding tert-OH is 2. The molecule has 254 valence electrons. The number of piperidine rings is 3. The van der Waals surface area contributed by atoms with Crippen LogP contribution in [0.1, 0.15) is 85.5 Å². The topological polar surface area (TPSA) is 155 Å². The van der Waals surface area contributed by atoms with E-state index >= 15 is 0 Å². The Balaban J connectivity index is 0.000000342. The molecule has 3 aliphatic heterocycles. The van der Waals surface area contributed by atoms with Gasteiger partial charge < -0.3 is 34.8 Å². The molecule has 0 aromatic rings. The molecule has 3 fully saturated rings. The predicted octanol–water partition coefficient (Wildman–Crippen LogP) is 3.60. The van der Waals surface area contributed by atoms with Gasteiger partial charge in [0.2, 0.25) is 0 Å². The Kier molecular flexibility index (Phi) is 20.1. The van der Waals surface area contributed by atoms with Crippen LogP contribution >= 0.6 is 0 Å². The molecule has 0 aromatic carbocycles. The van der Waals surface area contributed by atoms with Gasteiger partial charge >= 0.3 is 12.2 Å². The molecule has 0 unspecified atom stereocenters. The minimum Gasteiger partial charge on any atom is -0.447 e. The quantitative estimate of drug-likeness (QED) is 0.303. The molecule has 13 heteroatoms. The maximum absolute atomic E-state index is 11.7. The van der Waals surface area contributed by atoms with Crippen LogP contribution in [-0.2, 0) is 23.8 Å². The van der Waals surface area contributed by atoms with Gasteiger partial charge in [-0.2, -0.15) is 8.42 Å². The minimum absolute atomic E-state index is 0.0485. The number of aliphatic hydroxyl groups is 2. The lowest BCUT2D eigenvalue weighted by molar-refractivity contribution is 0.0626. The third-order valence-electron chi connectivity index (χ3n) is 7.78. The van der Waals surface area contributed by atoms with Crippen LogP contribution in [0.5, 0.6) is 0 Å². The van der Waals surface area contributed by atoms with Crippen LogP contribution in [0.15, 0.2) is 0 Å². The van der Waals surface area contributed by atoms with Crippen LogP contribution < -0.4 is 5.32 Å². The first kappa shape index (κ1) is 39.4. The highest BCUT2D eigenvalue weighted by Gasteiger charge is 2.25. The first-order valence-corrected chi connectivity index (χ1v) is 17.8. The molecule has 3 aliphatic rings. The van der Waals surface area contributed by atoms with E-state index in [-0.39, 0.29) is 37.6 Å². The van der Waals surface area contributed by atoms with Gasteiger partial charge in [-0.05, 0) is 116 Å². The summed E-state index contributed by atoms with van der Waals surface area (Å²) in [5.74, 6) is 1.76. The summed E-state index contributed by atoms with van der Waals surface area (Å²) in [6, 6.07) is 0. The number of hydrogen-bond donors (Lipinski definition) is 3. The van der Waals surface area contributed by atoms with E-state index in [1.165, 1.54) is 12.8 Å². The molecule has 2 amide bonds. The molecule has 12 nitrogen and oxygen atoms in total. The second kappa shape index (κ2) is 21.9. The molecule has 0 radical (unpaired) electrons. The molecular formula is C30H59N3O9S. The van der Waals surface area contributed by atoms with E-state index in [0.717, 1.165) is 76.9 Å². The normalized spacial score (nSPS) is 18.9. The largest absolute Gasteiger partial charge is 0.447 e. The van der Waals surface area contributed by atoms with E-state index in [4.69, 9.17) is 23.9 Å².